The van der Waals surface area contributed by atoms with Crippen molar-refractivity contribution in [2.24, 2.45) is 9.98 Å². The Hall–Kier alpha value is -15.8. The third-order valence-electron chi connectivity index (χ3n) is 21.9. The second kappa shape index (κ2) is 31.0. The highest BCUT2D eigenvalue weighted by Crippen LogP contribution is 2.55. The van der Waals surface area contributed by atoms with Gasteiger partial charge in [-0.05, 0) is 115 Å². The van der Waals surface area contributed by atoms with Gasteiger partial charge in [0.25, 0.3) is 5.91 Å². The summed E-state index contributed by atoms with van der Waals surface area (Å²) in [6.45, 7) is 0. The molecule has 9 nitrogen and oxygen atoms in total. The lowest BCUT2D eigenvalue weighted by Gasteiger charge is -2.18. The van der Waals surface area contributed by atoms with E-state index in [-0.39, 0.29) is 5.91 Å². The molecule has 0 unspecified atom stereocenters. The van der Waals surface area contributed by atoms with Crippen molar-refractivity contribution in [3.05, 3.63) is 502 Å². The van der Waals surface area contributed by atoms with Crippen LogP contribution in [0.25, 0.3) is 112 Å². The second-order valence-corrected chi connectivity index (χ2v) is 29.0. The van der Waals surface area contributed by atoms with Gasteiger partial charge in [0.2, 0.25) is 0 Å². The molecular formula is C108H72N8O. The summed E-state index contributed by atoms with van der Waals surface area (Å²) >= 11 is 0. The highest BCUT2D eigenvalue weighted by atomic mass is 16.1. The van der Waals surface area contributed by atoms with Crippen LogP contribution in [0.5, 0.6) is 0 Å². The standard InChI is InChI=1S/C108H72N8O/c117-108(82-68-86(84-60-34-36-66-109-84)112-87(69-82)85-61-35-37-67-110-85)111-83-64-62-81(63-65-83)99-106-94(76-50-24-7-25-51-76)92(74-46-20-5-21-47-74)104(115-106)97(79-56-30-10-31-57-79)102-90(72-42-16-3-17-43-72)88(70-38-12-1-13-39-70)100(113-102)96(78-54-28-9-29-55-78)101-89(71-40-14-2-15-41-71)91(73-44-18-4-19-45-73)103(114-101)98(80-58-32-11-33-59-80)105-93(75-48-22-6-23-49-75)95(107(99)116-105)77-52-26-8-27-53-77/h1-69,113,116H,(H,111,117). The molecule has 9 heteroatoms. The molecule has 20 rings (SSSR count). The Labute approximate surface area is 678 Å². The highest BCUT2D eigenvalue weighted by Gasteiger charge is 2.40. The van der Waals surface area contributed by atoms with Gasteiger partial charge in [0, 0.05) is 90.5 Å². The number of aromatic amines is 2. The van der Waals surface area contributed by atoms with Gasteiger partial charge in [-0.15, -0.1) is 0 Å². The molecular weight excluding hydrogens is 1430 g/mol. The normalized spacial score (nSPS) is 13.3. The molecule has 0 saturated carbocycles. The van der Waals surface area contributed by atoms with Crippen molar-refractivity contribution < 1.29 is 4.79 Å². The van der Waals surface area contributed by atoms with Crippen LogP contribution >= 0.6 is 0 Å². The minimum absolute atomic E-state index is 0.334. The molecule has 1 aliphatic carbocycles. The Kier molecular flexibility index (Phi) is 18.6. The Balaban J connectivity index is 1.01. The van der Waals surface area contributed by atoms with E-state index in [1.54, 1.807) is 24.5 Å². The van der Waals surface area contributed by atoms with Gasteiger partial charge in [-0.3, -0.25) is 14.8 Å². The number of anilines is 1. The predicted molar refractivity (Wildman–Crippen MR) is 478 cm³/mol. The molecule has 0 fully saturated rings. The lowest BCUT2D eigenvalue weighted by molar-refractivity contribution is 0.102. The molecule has 3 aliphatic rings. The van der Waals surface area contributed by atoms with Crippen LogP contribution in [0.15, 0.2) is 440 Å². The molecule has 17 aromatic rings. The summed E-state index contributed by atoms with van der Waals surface area (Å²) < 4.78 is 0. The number of nitrogens with one attached hydrogen (secondary N) is 3. The minimum Gasteiger partial charge on any atom is -0.353 e. The van der Waals surface area contributed by atoms with Crippen LogP contribution in [0.3, 0.4) is 0 Å². The van der Waals surface area contributed by atoms with Gasteiger partial charge in [-0.1, -0.05) is 358 Å². The van der Waals surface area contributed by atoms with Gasteiger partial charge in [0.15, 0.2) is 0 Å². The first kappa shape index (κ1) is 70.3. The van der Waals surface area contributed by atoms with E-state index in [2.05, 4.69) is 371 Å². The first-order chi connectivity index (χ1) is 58.0. The summed E-state index contributed by atoms with van der Waals surface area (Å²) in [5, 5.41) is 5.05. The van der Waals surface area contributed by atoms with E-state index in [4.69, 9.17) is 15.0 Å². The van der Waals surface area contributed by atoms with Gasteiger partial charge < -0.3 is 15.3 Å². The molecule has 0 saturated heterocycles. The number of aliphatic imine (C=N–C) groups is 2. The van der Waals surface area contributed by atoms with Crippen LogP contribution in [0.4, 0.5) is 5.69 Å². The first-order valence-electron chi connectivity index (χ1n) is 39.3. The lowest BCUT2D eigenvalue weighted by Crippen LogP contribution is -2.23. The average Bonchev–Trinajstić information content (AvgIpc) is 1.55. The minimum atomic E-state index is -0.334. The molecule has 0 atom stereocenters. The molecule has 0 radical (unpaired) electrons. The SMILES string of the molecule is O=C(Nc1ccc(C2=C3N=C(C(c4ccccc4)=C3c3ccccc3)C(c3ccccc3)=c3[nH]c(c(-c4ccccc4)c3-c3ccccc3)=C(c3ccccc3)C3=NC(=C(c4ccccc4)c4[nH]c2c(-c2ccccc2)c4-c2ccccc2)C(c2ccccc2)=C3c2ccccc2)cc1)c1cc(-c2ccccn2)nc(-c2ccccn2)c1. The van der Waals surface area contributed by atoms with Gasteiger partial charge in [0.05, 0.1) is 67.7 Å². The molecule has 0 spiro atoms. The van der Waals surface area contributed by atoms with Crippen molar-refractivity contribution in [2.75, 3.05) is 5.32 Å². The van der Waals surface area contributed by atoms with Crippen molar-refractivity contribution in [3.8, 4) is 67.3 Å². The number of carbonyl (C=O) groups excluding carboxylic acids is 1. The Morgan fingerprint density at radius 1 is 0.239 bits per heavy atom. The fourth-order valence-electron chi connectivity index (χ4n) is 16.8. The number of hydrogen-bond donors (Lipinski definition) is 3. The summed E-state index contributed by atoms with van der Waals surface area (Å²) in [5.41, 5.74) is 30.4. The maximum absolute atomic E-state index is 15.3. The van der Waals surface area contributed by atoms with Crippen LogP contribution in [0.1, 0.15) is 66.3 Å². The van der Waals surface area contributed by atoms with E-state index >= 15 is 4.79 Å². The van der Waals surface area contributed by atoms with Crippen LogP contribution in [0.2, 0.25) is 0 Å². The third-order valence-corrected chi connectivity index (χ3v) is 21.9. The Morgan fingerprint density at radius 2 is 0.513 bits per heavy atom. The number of fused-ring (bicyclic) bond motifs is 10. The molecule has 550 valence electrons. The number of carbonyl (C=O) groups is 1. The topological polar surface area (TPSA) is 124 Å². The lowest BCUT2D eigenvalue weighted by atomic mass is 9.83. The number of amides is 1. The smallest absolute Gasteiger partial charge is 0.255 e. The molecule has 12 aromatic carbocycles. The number of H-pyrrole nitrogens is 2. The summed E-state index contributed by atoms with van der Waals surface area (Å²) in [5.74, 6) is -0.334. The van der Waals surface area contributed by atoms with Crippen LogP contribution in [-0.4, -0.2) is 42.3 Å². The van der Waals surface area contributed by atoms with E-state index in [1.807, 2.05) is 48.5 Å². The predicted octanol–water partition coefficient (Wildman–Crippen LogP) is 23.5. The summed E-state index contributed by atoms with van der Waals surface area (Å²) in [7, 11) is 0. The van der Waals surface area contributed by atoms with Crippen molar-refractivity contribution in [1.29, 1.82) is 0 Å². The van der Waals surface area contributed by atoms with Gasteiger partial charge in [-0.2, -0.15) is 0 Å². The molecule has 8 bridgehead atoms. The molecule has 117 heavy (non-hydrogen) atoms. The summed E-state index contributed by atoms with van der Waals surface area (Å²) in [6, 6.07) is 142. The third kappa shape index (κ3) is 13.2. The number of aromatic nitrogens is 5. The van der Waals surface area contributed by atoms with E-state index in [9.17, 15) is 0 Å². The highest BCUT2D eigenvalue weighted by molar-refractivity contribution is 6.53. The molecule has 3 N–H and O–H groups in total. The first-order valence-corrected chi connectivity index (χ1v) is 39.3. The average molecular weight is 1500 g/mol. The zero-order valence-corrected chi connectivity index (χ0v) is 63.5. The molecule has 7 heterocycles. The maximum Gasteiger partial charge on any atom is 0.255 e. The van der Waals surface area contributed by atoms with Crippen LogP contribution in [0, 0.1) is 0 Å². The van der Waals surface area contributed by atoms with Gasteiger partial charge in [-0.25, -0.2) is 15.0 Å². The van der Waals surface area contributed by atoms with E-state index in [1.165, 1.54) is 0 Å². The van der Waals surface area contributed by atoms with E-state index in [0.717, 1.165) is 173 Å². The van der Waals surface area contributed by atoms with E-state index in [0.29, 0.717) is 39.7 Å². The zero-order chi connectivity index (χ0) is 78.0. The molecule has 5 aromatic heterocycles. The fraction of sp³-hybridized carbons (Fsp3) is 0. The number of nitrogens with zero attached hydrogens (tertiary/aromatic N) is 5. The number of pyridine rings is 3. The largest absolute Gasteiger partial charge is 0.353 e. The second-order valence-electron chi connectivity index (χ2n) is 29.0. The molecule has 1 amide bonds. The van der Waals surface area contributed by atoms with Gasteiger partial charge in [0.1, 0.15) is 0 Å². The summed E-state index contributed by atoms with van der Waals surface area (Å²) in [6.07, 6.45) is 3.46. The number of allylic oxidation sites excluding steroid dienone is 4. The van der Waals surface area contributed by atoms with Crippen molar-refractivity contribution >= 4 is 67.6 Å². The number of rotatable bonds is 16. The fourth-order valence-corrected chi connectivity index (χ4v) is 16.8. The Bertz CT molecular complexity index is 6890. The van der Waals surface area contributed by atoms with Gasteiger partial charge >= 0.3 is 0 Å². The Morgan fingerprint density at radius 3 is 0.829 bits per heavy atom. The van der Waals surface area contributed by atoms with E-state index < -0.39 is 0 Å². The monoisotopic (exact) mass is 1500 g/mol. The summed E-state index contributed by atoms with van der Waals surface area (Å²) in [4.78, 5) is 51.7. The number of hydrogen-bond acceptors (Lipinski definition) is 6. The van der Waals surface area contributed by atoms with Crippen LogP contribution < -0.4 is 16.0 Å². The quantitative estimate of drug-likeness (QED) is 0.0891. The maximum atomic E-state index is 15.3. The van der Waals surface area contributed by atoms with Crippen molar-refractivity contribution in [3.63, 3.8) is 0 Å². The zero-order valence-electron chi connectivity index (χ0n) is 63.5. The van der Waals surface area contributed by atoms with Crippen molar-refractivity contribution in [1.82, 2.24) is 24.9 Å². The number of benzene rings is 12. The van der Waals surface area contributed by atoms with Crippen LogP contribution in [-0.2, 0) is 0 Å². The molecule has 2 aliphatic heterocycles. The van der Waals surface area contributed by atoms with Crippen molar-refractivity contribution in [2.45, 2.75) is 0 Å².